The molecule has 1 aliphatic carbocycles. The molecular weight excluding hydrogens is 170 g/mol. The van der Waals surface area contributed by atoms with Gasteiger partial charge in [0.25, 0.3) is 0 Å². The highest BCUT2D eigenvalue weighted by Gasteiger charge is 2.43. The highest BCUT2D eigenvalue weighted by Crippen LogP contribution is 2.43. The molecule has 14 heavy (non-hydrogen) atoms. The van der Waals surface area contributed by atoms with E-state index in [-0.39, 0.29) is 0 Å². The summed E-state index contributed by atoms with van der Waals surface area (Å²) in [6.07, 6.45) is 5.92. The first-order chi connectivity index (χ1) is 6.61. The van der Waals surface area contributed by atoms with Gasteiger partial charge in [-0.3, -0.25) is 4.90 Å². The van der Waals surface area contributed by atoms with Crippen LogP contribution in [-0.2, 0) is 0 Å². The molecule has 0 amide bonds. The van der Waals surface area contributed by atoms with Crippen LogP contribution in [0.15, 0.2) is 0 Å². The van der Waals surface area contributed by atoms with Gasteiger partial charge in [0.2, 0.25) is 0 Å². The van der Waals surface area contributed by atoms with E-state index in [1.54, 1.807) is 0 Å². The third-order valence-electron chi connectivity index (χ3n) is 4.27. The van der Waals surface area contributed by atoms with Crippen molar-refractivity contribution in [2.75, 3.05) is 0 Å². The molecule has 2 aliphatic heterocycles. The molecule has 2 saturated heterocycles. The van der Waals surface area contributed by atoms with Crippen LogP contribution in [0.5, 0.6) is 0 Å². The normalized spacial score (nSPS) is 38.6. The van der Waals surface area contributed by atoms with Gasteiger partial charge < -0.3 is 0 Å². The Labute approximate surface area is 88.9 Å². The van der Waals surface area contributed by atoms with Crippen molar-refractivity contribution in [2.24, 2.45) is 11.8 Å². The number of nitrogens with zero attached hydrogens (tertiary/aromatic N) is 1. The number of piperidine rings is 2. The Kier molecular flexibility index (Phi) is 2.88. The second kappa shape index (κ2) is 3.84. The lowest BCUT2D eigenvalue weighted by molar-refractivity contribution is -0.0536. The van der Waals surface area contributed by atoms with Crippen LogP contribution in [0.2, 0.25) is 0 Å². The summed E-state index contributed by atoms with van der Waals surface area (Å²) in [5, 5.41) is 0. The van der Waals surface area contributed by atoms with Crippen molar-refractivity contribution < 1.29 is 0 Å². The fourth-order valence-corrected chi connectivity index (χ4v) is 3.88. The molecule has 3 rings (SSSR count). The average molecular weight is 195 g/mol. The minimum Gasteiger partial charge on any atom is -0.295 e. The Morgan fingerprint density at radius 1 is 0.929 bits per heavy atom. The molecule has 0 aromatic heterocycles. The van der Waals surface area contributed by atoms with Crippen LogP contribution in [0.25, 0.3) is 0 Å². The Bertz CT molecular complexity index is 167. The standard InChI is InChI=1S/C13H25N/c1-9(2)13-11-5-7-12(8-6-11)14(13)10(3)4/h9-13H,5-8H2,1-4H3/t11-,12+,13?. The molecule has 2 bridgehead atoms. The maximum absolute atomic E-state index is 2.82. The van der Waals surface area contributed by atoms with E-state index in [0.29, 0.717) is 0 Å². The summed E-state index contributed by atoms with van der Waals surface area (Å²) in [5.41, 5.74) is 0. The molecule has 1 unspecified atom stereocenters. The molecule has 0 radical (unpaired) electrons. The summed E-state index contributed by atoms with van der Waals surface area (Å²) < 4.78 is 0. The number of fused-ring (bicyclic) bond motifs is 3. The van der Waals surface area contributed by atoms with Gasteiger partial charge in [0, 0.05) is 18.1 Å². The van der Waals surface area contributed by atoms with Gasteiger partial charge >= 0.3 is 0 Å². The van der Waals surface area contributed by atoms with Gasteiger partial charge in [-0.1, -0.05) is 13.8 Å². The Morgan fingerprint density at radius 2 is 1.50 bits per heavy atom. The van der Waals surface area contributed by atoms with Gasteiger partial charge in [-0.15, -0.1) is 0 Å². The van der Waals surface area contributed by atoms with Gasteiger partial charge in [-0.25, -0.2) is 0 Å². The van der Waals surface area contributed by atoms with E-state index >= 15 is 0 Å². The Hall–Kier alpha value is -0.0400. The van der Waals surface area contributed by atoms with Crippen molar-refractivity contribution >= 4 is 0 Å². The van der Waals surface area contributed by atoms with E-state index < -0.39 is 0 Å². The van der Waals surface area contributed by atoms with Gasteiger partial charge in [-0.2, -0.15) is 0 Å². The monoisotopic (exact) mass is 195 g/mol. The zero-order chi connectivity index (χ0) is 10.3. The molecule has 1 heteroatoms. The van der Waals surface area contributed by atoms with Gasteiger partial charge in [-0.05, 0) is 51.4 Å². The summed E-state index contributed by atoms with van der Waals surface area (Å²) in [5.74, 6) is 1.84. The highest BCUT2D eigenvalue weighted by molar-refractivity contribution is 4.97. The van der Waals surface area contributed by atoms with Crippen LogP contribution in [0.4, 0.5) is 0 Å². The molecule has 0 spiro atoms. The minimum atomic E-state index is 0.746. The molecular formula is C13H25N. The van der Waals surface area contributed by atoms with Crippen LogP contribution in [0.3, 0.4) is 0 Å². The van der Waals surface area contributed by atoms with E-state index in [9.17, 15) is 0 Å². The summed E-state index contributed by atoms with van der Waals surface area (Å²) in [7, 11) is 0. The number of hydrogen-bond donors (Lipinski definition) is 0. The summed E-state index contributed by atoms with van der Waals surface area (Å²) >= 11 is 0. The molecule has 3 aliphatic rings. The van der Waals surface area contributed by atoms with E-state index in [4.69, 9.17) is 0 Å². The predicted octanol–water partition coefficient (Wildman–Crippen LogP) is 3.29. The van der Waals surface area contributed by atoms with E-state index in [1.807, 2.05) is 0 Å². The van der Waals surface area contributed by atoms with E-state index in [1.165, 1.54) is 25.7 Å². The average Bonchev–Trinajstić information content (AvgIpc) is 2.17. The van der Waals surface area contributed by atoms with E-state index in [2.05, 4.69) is 32.6 Å². The number of rotatable bonds is 2. The van der Waals surface area contributed by atoms with Gasteiger partial charge in [0.15, 0.2) is 0 Å². The van der Waals surface area contributed by atoms with Crippen LogP contribution in [-0.4, -0.2) is 23.0 Å². The number of hydrogen-bond acceptors (Lipinski definition) is 1. The lowest BCUT2D eigenvalue weighted by Gasteiger charge is -2.55. The zero-order valence-corrected chi connectivity index (χ0v) is 10.2. The molecule has 82 valence electrons. The molecule has 0 N–H and O–H groups in total. The first-order valence-corrected chi connectivity index (χ1v) is 6.38. The zero-order valence-electron chi connectivity index (χ0n) is 10.2. The summed E-state index contributed by atoms with van der Waals surface area (Å²) in [4.78, 5) is 2.82. The smallest absolute Gasteiger partial charge is 0.0152 e. The Balaban J connectivity index is 2.18. The largest absolute Gasteiger partial charge is 0.295 e. The summed E-state index contributed by atoms with van der Waals surface area (Å²) in [6.45, 7) is 9.55. The molecule has 0 aromatic carbocycles. The first-order valence-electron chi connectivity index (χ1n) is 6.38. The molecule has 1 atom stereocenters. The van der Waals surface area contributed by atoms with Crippen molar-refractivity contribution in [1.82, 2.24) is 4.90 Å². The van der Waals surface area contributed by atoms with Crippen LogP contribution in [0, 0.1) is 11.8 Å². The minimum absolute atomic E-state index is 0.746. The lowest BCUT2D eigenvalue weighted by atomic mass is 9.70. The maximum atomic E-state index is 2.82. The summed E-state index contributed by atoms with van der Waals surface area (Å²) in [6, 6.07) is 2.53. The quantitative estimate of drug-likeness (QED) is 0.653. The van der Waals surface area contributed by atoms with Crippen LogP contribution in [0.1, 0.15) is 53.4 Å². The lowest BCUT2D eigenvalue weighted by Crippen LogP contribution is -2.59. The van der Waals surface area contributed by atoms with Crippen LogP contribution >= 0.6 is 0 Å². The van der Waals surface area contributed by atoms with Crippen molar-refractivity contribution in [3.8, 4) is 0 Å². The SMILES string of the molecule is CC(C)C1[C@H]2CC[C@H](CC2)N1C(C)C. The van der Waals surface area contributed by atoms with E-state index in [0.717, 1.165) is 30.0 Å². The predicted molar refractivity (Wildman–Crippen MR) is 61.3 cm³/mol. The van der Waals surface area contributed by atoms with Crippen molar-refractivity contribution in [2.45, 2.75) is 71.5 Å². The van der Waals surface area contributed by atoms with Crippen molar-refractivity contribution in [3.63, 3.8) is 0 Å². The maximum Gasteiger partial charge on any atom is 0.0152 e. The van der Waals surface area contributed by atoms with Crippen molar-refractivity contribution in [1.29, 1.82) is 0 Å². The Morgan fingerprint density at radius 3 is 1.86 bits per heavy atom. The highest BCUT2D eigenvalue weighted by atomic mass is 15.2. The first kappa shape index (κ1) is 10.5. The third kappa shape index (κ3) is 1.60. The van der Waals surface area contributed by atoms with Gasteiger partial charge in [0.1, 0.15) is 0 Å². The molecule has 2 heterocycles. The third-order valence-corrected chi connectivity index (χ3v) is 4.27. The second-order valence-electron chi connectivity index (χ2n) is 5.84. The topological polar surface area (TPSA) is 3.24 Å². The van der Waals surface area contributed by atoms with Crippen LogP contribution < -0.4 is 0 Å². The van der Waals surface area contributed by atoms with Gasteiger partial charge in [0.05, 0.1) is 0 Å². The molecule has 1 nitrogen and oxygen atoms in total. The fraction of sp³-hybridized carbons (Fsp3) is 1.00. The second-order valence-corrected chi connectivity index (χ2v) is 5.84. The fourth-order valence-electron chi connectivity index (χ4n) is 3.88. The molecule has 0 aromatic rings. The molecule has 1 saturated carbocycles. The van der Waals surface area contributed by atoms with Crippen molar-refractivity contribution in [3.05, 3.63) is 0 Å². The molecule has 3 fully saturated rings.